The number of aromatic nitrogens is 3. The number of hydrogen-bond acceptors (Lipinski definition) is 3. The van der Waals surface area contributed by atoms with Crippen LogP contribution in [0.25, 0.3) is 83.7 Å². The third kappa shape index (κ3) is 5.29. The van der Waals surface area contributed by atoms with Gasteiger partial charge in [0.25, 0.3) is 0 Å². The molecule has 9 rings (SSSR count). The molecule has 4 nitrogen and oxygen atoms in total. The molecule has 0 aliphatic rings. The van der Waals surface area contributed by atoms with Crippen molar-refractivity contribution in [3.8, 4) is 50.6 Å². The SMILES string of the molecule is CC(C)(C)c1cc(-c2ccccc2)c(-n2c(-c3cccc4c3oc3nc(-c5ccc(F)cc5)ccc34)nc3ccccc32)c(-c2ccccc2)c1. The molecule has 9 aromatic rings. The zero-order chi connectivity index (χ0) is 34.7. The van der Waals surface area contributed by atoms with Crippen molar-refractivity contribution in [2.24, 2.45) is 0 Å². The minimum absolute atomic E-state index is 0.0922. The van der Waals surface area contributed by atoms with Gasteiger partial charge in [-0.2, -0.15) is 0 Å². The summed E-state index contributed by atoms with van der Waals surface area (Å²) in [6.45, 7) is 6.80. The zero-order valence-corrected chi connectivity index (χ0v) is 28.6. The Hall–Kier alpha value is -6.33. The molecule has 0 spiro atoms. The first-order valence-corrected chi connectivity index (χ1v) is 17.2. The van der Waals surface area contributed by atoms with Crippen molar-refractivity contribution in [1.29, 1.82) is 0 Å². The fourth-order valence-electron chi connectivity index (χ4n) is 7.05. The van der Waals surface area contributed by atoms with Crippen molar-refractivity contribution < 1.29 is 8.81 Å². The molecule has 0 saturated heterocycles. The molecule has 51 heavy (non-hydrogen) atoms. The maximum Gasteiger partial charge on any atom is 0.227 e. The summed E-state index contributed by atoms with van der Waals surface area (Å²) in [7, 11) is 0. The molecule has 6 aromatic carbocycles. The number of imidazole rings is 1. The number of halogens is 1. The Morgan fingerprint density at radius 3 is 1.88 bits per heavy atom. The molecular weight excluding hydrogens is 630 g/mol. The van der Waals surface area contributed by atoms with Crippen molar-refractivity contribution in [1.82, 2.24) is 14.5 Å². The van der Waals surface area contributed by atoms with Crippen LogP contribution in [0.5, 0.6) is 0 Å². The highest BCUT2D eigenvalue weighted by molar-refractivity contribution is 6.09. The number of para-hydroxylation sites is 3. The first-order valence-electron chi connectivity index (χ1n) is 17.2. The Morgan fingerprint density at radius 1 is 0.569 bits per heavy atom. The van der Waals surface area contributed by atoms with E-state index in [2.05, 4.69) is 135 Å². The fraction of sp³-hybridized carbons (Fsp3) is 0.0870. The molecule has 0 aliphatic carbocycles. The second-order valence-corrected chi connectivity index (χ2v) is 14.0. The monoisotopic (exact) mass is 663 g/mol. The second kappa shape index (κ2) is 11.9. The van der Waals surface area contributed by atoms with Crippen molar-refractivity contribution in [2.45, 2.75) is 26.2 Å². The van der Waals surface area contributed by atoms with Gasteiger partial charge in [-0.3, -0.25) is 4.57 Å². The number of rotatable bonds is 5. The van der Waals surface area contributed by atoms with Crippen LogP contribution in [0.4, 0.5) is 4.39 Å². The van der Waals surface area contributed by atoms with Crippen LogP contribution >= 0.6 is 0 Å². The summed E-state index contributed by atoms with van der Waals surface area (Å²) >= 11 is 0. The first kappa shape index (κ1) is 30.7. The third-order valence-corrected chi connectivity index (χ3v) is 9.68. The van der Waals surface area contributed by atoms with Crippen LogP contribution in [0.1, 0.15) is 26.3 Å². The van der Waals surface area contributed by atoms with E-state index in [0.29, 0.717) is 17.0 Å². The Balaban J connectivity index is 1.37. The Morgan fingerprint density at radius 2 is 1.22 bits per heavy atom. The predicted octanol–water partition coefficient (Wildman–Crippen LogP) is 12.4. The van der Waals surface area contributed by atoms with E-state index >= 15 is 0 Å². The van der Waals surface area contributed by atoms with Crippen LogP contribution < -0.4 is 0 Å². The maximum absolute atomic E-state index is 13.7. The molecule has 0 N–H and O–H groups in total. The van der Waals surface area contributed by atoms with Crippen LogP contribution in [-0.4, -0.2) is 14.5 Å². The summed E-state index contributed by atoms with van der Waals surface area (Å²) in [4.78, 5) is 10.2. The van der Waals surface area contributed by atoms with Gasteiger partial charge in [-0.25, -0.2) is 14.4 Å². The lowest BCUT2D eigenvalue weighted by Crippen LogP contribution is -2.13. The molecule has 0 radical (unpaired) electrons. The van der Waals surface area contributed by atoms with Crippen LogP contribution in [0.3, 0.4) is 0 Å². The molecule has 0 bridgehead atoms. The summed E-state index contributed by atoms with van der Waals surface area (Å²) in [6.07, 6.45) is 0. The number of hydrogen-bond donors (Lipinski definition) is 0. The smallest absolute Gasteiger partial charge is 0.227 e. The Labute approximate surface area is 295 Å². The van der Waals surface area contributed by atoms with Gasteiger partial charge in [0.1, 0.15) is 17.2 Å². The molecule has 3 aromatic heterocycles. The van der Waals surface area contributed by atoms with Crippen molar-refractivity contribution in [2.75, 3.05) is 0 Å². The summed E-state index contributed by atoms with van der Waals surface area (Å²) in [5, 5.41) is 1.86. The average molecular weight is 664 g/mol. The van der Waals surface area contributed by atoms with E-state index in [9.17, 15) is 4.39 Å². The van der Waals surface area contributed by atoms with Crippen LogP contribution in [0, 0.1) is 5.82 Å². The van der Waals surface area contributed by atoms with Gasteiger partial charge in [-0.15, -0.1) is 0 Å². The van der Waals surface area contributed by atoms with E-state index in [-0.39, 0.29) is 11.2 Å². The largest absolute Gasteiger partial charge is 0.437 e. The van der Waals surface area contributed by atoms with Crippen LogP contribution in [0.15, 0.2) is 156 Å². The molecule has 5 heteroatoms. The lowest BCUT2D eigenvalue weighted by Gasteiger charge is -2.26. The lowest BCUT2D eigenvalue weighted by molar-refractivity contribution is 0.590. The van der Waals surface area contributed by atoms with Gasteiger partial charge in [0.15, 0.2) is 0 Å². The second-order valence-electron chi connectivity index (χ2n) is 14.0. The third-order valence-electron chi connectivity index (χ3n) is 9.68. The van der Waals surface area contributed by atoms with Crippen LogP contribution in [0.2, 0.25) is 0 Å². The number of furan rings is 1. The molecule has 0 unspecified atom stereocenters. The highest BCUT2D eigenvalue weighted by Gasteiger charge is 2.26. The number of fused-ring (bicyclic) bond motifs is 4. The molecule has 0 aliphatic heterocycles. The van der Waals surface area contributed by atoms with E-state index in [4.69, 9.17) is 14.4 Å². The van der Waals surface area contributed by atoms with Gasteiger partial charge in [-0.05, 0) is 88.8 Å². The Bertz CT molecular complexity index is 2660. The fourth-order valence-corrected chi connectivity index (χ4v) is 7.05. The maximum atomic E-state index is 13.7. The molecule has 0 saturated carbocycles. The highest BCUT2D eigenvalue weighted by Crippen LogP contribution is 2.44. The number of nitrogens with zero attached hydrogens (tertiary/aromatic N) is 3. The predicted molar refractivity (Wildman–Crippen MR) is 207 cm³/mol. The topological polar surface area (TPSA) is 43.9 Å². The zero-order valence-electron chi connectivity index (χ0n) is 28.6. The number of benzene rings is 6. The quantitative estimate of drug-likeness (QED) is 0.184. The van der Waals surface area contributed by atoms with E-state index in [0.717, 1.165) is 66.7 Å². The van der Waals surface area contributed by atoms with Crippen molar-refractivity contribution in [3.63, 3.8) is 0 Å². The highest BCUT2D eigenvalue weighted by atomic mass is 19.1. The van der Waals surface area contributed by atoms with Crippen molar-refractivity contribution in [3.05, 3.63) is 163 Å². The van der Waals surface area contributed by atoms with E-state index < -0.39 is 0 Å². The summed E-state index contributed by atoms with van der Waals surface area (Å²) in [5.41, 5.74) is 12.2. The number of pyridine rings is 1. The molecular formula is C46H34FN3O. The first-order chi connectivity index (χ1) is 24.8. The average Bonchev–Trinajstić information content (AvgIpc) is 3.73. The summed E-state index contributed by atoms with van der Waals surface area (Å²) < 4.78 is 22.7. The molecule has 3 heterocycles. The van der Waals surface area contributed by atoms with Gasteiger partial charge < -0.3 is 4.42 Å². The Kier molecular flexibility index (Phi) is 7.18. The summed E-state index contributed by atoms with van der Waals surface area (Å²) in [5.74, 6) is 0.493. The normalized spacial score (nSPS) is 11.9. The van der Waals surface area contributed by atoms with Gasteiger partial charge in [0.2, 0.25) is 5.71 Å². The van der Waals surface area contributed by atoms with E-state index in [1.165, 1.54) is 17.7 Å². The summed E-state index contributed by atoms with van der Waals surface area (Å²) in [6, 6.07) is 50.8. The standard InChI is InChI=1S/C46H34FN3O/c1-46(2,3)32-27-37(29-13-6-4-7-14-29)42(38(28-32)30-15-8-5-9-16-30)50-41-20-11-10-19-40(41)48-44(50)36-18-12-17-34-35-25-26-39(49-45(35)51-43(34)36)31-21-23-33(47)24-22-31/h4-28H,1-3H3. The van der Waals surface area contributed by atoms with Gasteiger partial charge >= 0.3 is 0 Å². The van der Waals surface area contributed by atoms with E-state index in [1.54, 1.807) is 12.1 Å². The lowest BCUT2D eigenvalue weighted by atomic mass is 9.82. The minimum Gasteiger partial charge on any atom is -0.437 e. The molecule has 0 fully saturated rings. The molecule has 246 valence electrons. The minimum atomic E-state index is -0.282. The van der Waals surface area contributed by atoms with Crippen LogP contribution in [-0.2, 0) is 5.41 Å². The van der Waals surface area contributed by atoms with Crippen molar-refractivity contribution >= 4 is 33.1 Å². The van der Waals surface area contributed by atoms with Gasteiger partial charge in [-0.1, -0.05) is 106 Å². The van der Waals surface area contributed by atoms with Gasteiger partial charge in [0.05, 0.1) is 28.0 Å². The van der Waals surface area contributed by atoms with Gasteiger partial charge in [0, 0.05) is 27.5 Å². The molecule has 0 amide bonds. The molecule has 0 atom stereocenters. The van der Waals surface area contributed by atoms with E-state index in [1.807, 2.05) is 18.2 Å².